The van der Waals surface area contributed by atoms with E-state index in [9.17, 15) is 20.4 Å². The predicted octanol–water partition coefficient (Wildman–Crippen LogP) is 1.62. The summed E-state index contributed by atoms with van der Waals surface area (Å²) in [6.45, 7) is 1.79. The van der Waals surface area contributed by atoms with E-state index in [1.54, 1.807) is 0 Å². The van der Waals surface area contributed by atoms with Gasteiger partial charge in [-0.2, -0.15) is 0 Å². The molecule has 0 bridgehead atoms. The van der Waals surface area contributed by atoms with E-state index in [0.29, 0.717) is 6.42 Å². The molecule has 1 aliphatic rings. The van der Waals surface area contributed by atoms with E-state index in [1.165, 1.54) is 32.1 Å². The van der Waals surface area contributed by atoms with Gasteiger partial charge < -0.3 is 25.2 Å². The van der Waals surface area contributed by atoms with Crippen molar-refractivity contribution in [3.05, 3.63) is 0 Å². The molecule has 1 saturated heterocycles. The van der Waals surface area contributed by atoms with Crippen LogP contribution in [0.5, 0.6) is 0 Å². The van der Waals surface area contributed by atoms with Gasteiger partial charge in [0.15, 0.2) is 0 Å². The summed E-state index contributed by atoms with van der Waals surface area (Å²) in [4.78, 5) is -1.21. The first-order valence-corrected chi connectivity index (χ1v) is 8.96. The SMILES string of the molecule is CCCCCCCCCCC1(S)O[C@@H](CO)[C@H](O)[C@@H](O)[C@@H]1O. The maximum absolute atomic E-state index is 10.1. The molecule has 1 heterocycles. The molecule has 1 fully saturated rings. The van der Waals surface area contributed by atoms with Gasteiger partial charge >= 0.3 is 0 Å². The lowest BCUT2D eigenvalue weighted by atomic mass is 9.91. The van der Waals surface area contributed by atoms with Crippen molar-refractivity contribution in [3.63, 3.8) is 0 Å². The third-order valence-electron chi connectivity index (χ3n) is 4.44. The molecule has 0 aromatic heterocycles. The number of hydrogen-bond acceptors (Lipinski definition) is 6. The number of unbranched alkanes of at least 4 members (excludes halogenated alkanes) is 7. The lowest BCUT2D eigenvalue weighted by Crippen LogP contribution is -2.62. The first kappa shape index (κ1) is 20.2. The average Bonchev–Trinajstić information content (AvgIpc) is 2.52. The molecule has 0 spiro atoms. The fraction of sp³-hybridized carbons (Fsp3) is 1.00. The van der Waals surface area contributed by atoms with Crippen LogP contribution in [-0.4, -0.2) is 56.4 Å². The Hall–Kier alpha value is 0.150. The average molecular weight is 336 g/mol. The Bertz CT molecular complexity index is 302. The van der Waals surface area contributed by atoms with E-state index >= 15 is 0 Å². The summed E-state index contributed by atoms with van der Waals surface area (Å²) < 4.78 is 5.53. The Morgan fingerprint density at radius 3 is 2.00 bits per heavy atom. The second-order valence-electron chi connectivity index (χ2n) is 6.33. The van der Waals surface area contributed by atoms with Crippen molar-refractivity contribution in [2.24, 2.45) is 0 Å². The molecular formula is C16H32O5S. The van der Waals surface area contributed by atoms with Gasteiger partial charge in [-0.15, -0.1) is 12.6 Å². The van der Waals surface area contributed by atoms with Crippen LogP contribution in [0.1, 0.15) is 64.7 Å². The van der Waals surface area contributed by atoms with Crippen LogP contribution in [0.15, 0.2) is 0 Å². The van der Waals surface area contributed by atoms with Gasteiger partial charge in [-0.25, -0.2) is 0 Å². The molecule has 0 aromatic carbocycles. The second kappa shape index (κ2) is 10.1. The zero-order valence-corrected chi connectivity index (χ0v) is 14.4. The Labute approximate surface area is 139 Å². The smallest absolute Gasteiger partial charge is 0.140 e. The predicted molar refractivity (Wildman–Crippen MR) is 88.9 cm³/mol. The van der Waals surface area contributed by atoms with E-state index in [2.05, 4.69) is 19.6 Å². The van der Waals surface area contributed by atoms with E-state index < -0.39 is 36.0 Å². The van der Waals surface area contributed by atoms with Gasteiger partial charge in [0, 0.05) is 0 Å². The topological polar surface area (TPSA) is 90.2 Å². The molecule has 5 atom stereocenters. The van der Waals surface area contributed by atoms with Crippen molar-refractivity contribution >= 4 is 12.6 Å². The third-order valence-corrected chi connectivity index (χ3v) is 5.03. The normalized spacial score (nSPS) is 35.7. The zero-order valence-electron chi connectivity index (χ0n) is 13.5. The second-order valence-corrected chi connectivity index (χ2v) is 7.09. The Morgan fingerprint density at radius 1 is 0.909 bits per heavy atom. The van der Waals surface area contributed by atoms with E-state index in [4.69, 9.17) is 4.74 Å². The monoisotopic (exact) mass is 336 g/mol. The van der Waals surface area contributed by atoms with Crippen LogP contribution in [0.4, 0.5) is 0 Å². The van der Waals surface area contributed by atoms with Crippen LogP contribution in [0, 0.1) is 0 Å². The molecule has 132 valence electrons. The van der Waals surface area contributed by atoms with Crippen LogP contribution < -0.4 is 0 Å². The maximum Gasteiger partial charge on any atom is 0.140 e. The molecule has 1 aliphatic heterocycles. The highest BCUT2D eigenvalue weighted by Gasteiger charge is 2.50. The van der Waals surface area contributed by atoms with Crippen LogP contribution in [0.2, 0.25) is 0 Å². The number of thiol groups is 1. The Balaban J connectivity index is 2.30. The highest BCUT2D eigenvalue weighted by atomic mass is 32.1. The van der Waals surface area contributed by atoms with Gasteiger partial charge in [0.2, 0.25) is 0 Å². The Kier molecular flexibility index (Phi) is 9.28. The quantitative estimate of drug-likeness (QED) is 0.309. The van der Waals surface area contributed by atoms with Crippen molar-refractivity contribution in [2.45, 2.75) is 94.1 Å². The van der Waals surface area contributed by atoms with E-state index in [0.717, 1.165) is 19.3 Å². The van der Waals surface area contributed by atoms with Crippen molar-refractivity contribution in [2.75, 3.05) is 6.61 Å². The molecule has 0 aromatic rings. The zero-order chi connectivity index (χ0) is 16.6. The summed E-state index contributed by atoms with van der Waals surface area (Å²) in [6, 6.07) is 0. The lowest BCUT2D eigenvalue weighted by molar-refractivity contribution is -0.243. The van der Waals surface area contributed by atoms with Crippen molar-refractivity contribution in [1.82, 2.24) is 0 Å². The van der Waals surface area contributed by atoms with Gasteiger partial charge in [0.25, 0.3) is 0 Å². The number of hydrogen-bond donors (Lipinski definition) is 5. The van der Waals surface area contributed by atoms with Crippen molar-refractivity contribution < 1.29 is 25.2 Å². The highest BCUT2D eigenvalue weighted by Crippen LogP contribution is 2.37. The molecule has 4 N–H and O–H groups in total. The number of aliphatic hydroxyl groups excluding tert-OH is 4. The van der Waals surface area contributed by atoms with E-state index in [-0.39, 0.29) is 0 Å². The molecule has 6 heteroatoms. The maximum atomic E-state index is 10.1. The molecule has 0 amide bonds. The fourth-order valence-corrected chi connectivity index (χ4v) is 3.39. The number of ether oxygens (including phenoxy) is 1. The van der Waals surface area contributed by atoms with Crippen molar-refractivity contribution in [3.8, 4) is 0 Å². The summed E-state index contributed by atoms with van der Waals surface area (Å²) in [5.74, 6) is 0. The lowest BCUT2D eigenvalue weighted by Gasteiger charge is -2.46. The first-order valence-electron chi connectivity index (χ1n) is 8.51. The summed E-state index contributed by atoms with van der Waals surface area (Å²) in [5.41, 5.74) is 0. The molecule has 22 heavy (non-hydrogen) atoms. The molecule has 0 radical (unpaired) electrons. The first-order chi connectivity index (χ1) is 10.5. The van der Waals surface area contributed by atoms with Crippen LogP contribution in [0.3, 0.4) is 0 Å². The molecule has 1 unspecified atom stereocenters. The van der Waals surface area contributed by atoms with Gasteiger partial charge in [-0.05, 0) is 12.8 Å². The molecular weight excluding hydrogens is 304 g/mol. The highest BCUT2D eigenvalue weighted by molar-refractivity contribution is 7.81. The van der Waals surface area contributed by atoms with Crippen LogP contribution in [-0.2, 0) is 4.74 Å². The van der Waals surface area contributed by atoms with Gasteiger partial charge in [-0.1, -0.05) is 51.9 Å². The fourth-order valence-electron chi connectivity index (χ4n) is 2.94. The van der Waals surface area contributed by atoms with Crippen molar-refractivity contribution in [1.29, 1.82) is 0 Å². The minimum atomic E-state index is -1.35. The molecule has 1 rings (SSSR count). The number of rotatable bonds is 10. The summed E-state index contributed by atoms with van der Waals surface area (Å²) >= 11 is 4.37. The van der Waals surface area contributed by atoms with Gasteiger partial charge in [0.1, 0.15) is 29.3 Å². The number of aliphatic hydroxyl groups is 4. The van der Waals surface area contributed by atoms with Gasteiger partial charge in [-0.3, -0.25) is 0 Å². The Morgan fingerprint density at radius 2 is 1.45 bits per heavy atom. The largest absolute Gasteiger partial charge is 0.394 e. The summed E-state index contributed by atoms with van der Waals surface area (Å²) in [7, 11) is 0. The standard InChI is InChI=1S/C16H32O5S/c1-2-3-4-5-6-7-8-9-10-16(22)15(20)14(19)13(18)12(11-17)21-16/h12-15,17-20,22H,2-11H2,1H3/t12-,13-,14+,15-,16?/m0/s1. The molecule has 0 aliphatic carbocycles. The minimum absolute atomic E-state index is 0.412. The van der Waals surface area contributed by atoms with E-state index in [1.807, 2.05) is 0 Å². The third kappa shape index (κ3) is 5.65. The summed E-state index contributed by atoms with van der Waals surface area (Å²) in [5, 5.41) is 38.9. The summed E-state index contributed by atoms with van der Waals surface area (Å²) in [6.07, 6.45) is 4.95. The van der Waals surface area contributed by atoms with Gasteiger partial charge in [0.05, 0.1) is 6.61 Å². The van der Waals surface area contributed by atoms with Crippen LogP contribution in [0.25, 0.3) is 0 Å². The molecule has 5 nitrogen and oxygen atoms in total. The molecule has 0 saturated carbocycles. The minimum Gasteiger partial charge on any atom is -0.394 e. The van der Waals surface area contributed by atoms with Crippen LogP contribution >= 0.6 is 12.6 Å².